The van der Waals surface area contributed by atoms with Crippen molar-refractivity contribution in [2.24, 2.45) is 0 Å². The van der Waals surface area contributed by atoms with Crippen molar-refractivity contribution in [2.75, 3.05) is 7.05 Å². The van der Waals surface area contributed by atoms with Crippen molar-refractivity contribution < 1.29 is 13.6 Å². The van der Waals surface area contributed by atoms with Gasteiger partial charge in [-0.3, -0.25) is 4.79 Å². The zero-order chi connectivity index (χ0) is 16.0. The van der Waals surface area contributed by atoms with E-state index < -0.39 is 0 Å². The van der Waals surface area contributed by atoms with Crippen LogP contribution >= 0.6 is 0 Å². The molecule has 0 fully saturated rings. The first-order valence-corrected chi connectivity index (χ1v) is 7.19. The summed E-state index contributed by atoms with van der Waals surface area (Å²) in [6.45, 7) is 0. The molecule has 2 heterocycles. The van der Waals surface area contributed by atoms with Crippen LogP contribution in [-0.4, -0.2) is 17.9 Å². The zero-order valence-corrected chi connectivity index (χ0v) is 12.3. The normalized spacial score (nSPS) is 11.2. The second-order valence-corrected chi connectivity index (χ2v) is 5.31. The summed E-state index contributed by atoms with van der Waals surface area (Å²) in [4.78, 5) is 15.5. The maximum atomic E-state index is 13.2. The maximum Gasteiger partial charge on any atom is 0.255 e. The van der Waals surface area contributed by atoms with E-state index in [1.807, 2.05) is 24.4 Å². The van der Waals surface area contributed by atoms with Crippen LogP contribution < -0.4 is 5.32 Å². The van der Waals surface area contributed by atoms with E-state index in [-0.39, 0.29) is 11.7 Å². The SMILES string of the molecule is CNC(=O)c1c(-c2ccc(F)cc2)oc2cc3[nH]ccc3cc12. The van der Waals surface area contributed by atoms with Crippen molar-refractivity contribution in [2.45, 2.75) is 0 Å². The number of benzene rings is 2. The van der Waals surface area contributed by atoms with E-state index in [1.165, 1.54) is 12.1 Å². The number of aromatic nitrogens is 1. The molecule has 2 N–H and O–H groups in total. The fourth-order valence-electron chi connectivity index (χ4n) is 2.80. The van der Waals surface area contributed by atoms with Crippen molar-refractivity contribution >= 4 is 27.8 Å². The molecule has 23 heavy (non-hydrogen) atoms. The Morgan fingerprint density at radius 2 is 1.96 bits per heavy atom. The van der Waals surface area contributed by atoms with E-state index in [0.717, 1.165) is 16.3 Å². The Kier molecular flexibility index (Phi) is 2.94. The first-order valence-electron chi connectivity index (χ1n) is 7.19. The number of amides is 1. The maximum absolute atomic E-state index is 13.2. The van der Waals surface area contributed by atoms with E-state index in [0.29, 0.717) is 22.5 Å². The molecule has 114 valence electrons. The summed E-state index contributed by atoms with van der Waals surface area (Å²) in [6, 6.07) is 11.6. The number of nitrogens with one attached hydrogen (secondary N) is 2. The second-order valence-electron chi connectivity index (χ2n) is 5.31. The van der Waals surface area contributed by atoms with Gasteiger partial charge >= 0.3 is 0 Å². The number of halogens is 1. The predicted octanol–water partition coefficient (Wildman–Crippen LogP) is 4.08. The third-order valence-corrected chi connectivity index (χ3v) is 3.92. The molecule has 5 heteroatoms. The van der Waals surface area contributed by atoms with Gasteiger partial charge in [-0.25, -0.2) is 4.39 Å². The molecular formula is C18H13FN2O2. The van der Waals surface area contributed by atoms with Crippen LogP contribution in [0.15, 0.2) is 53.1 Å². The van der Waals surface area contributed by atoms with Gasteiger partial charge in [0, 0.05) is 41.2 Å². The summed E-state index contributed by atoms with van der Waals surface area (Å²) in [6.07, 6.45) is 1.84. The molecular weight excluding hydrogens is 295 g/mol. The number of fused-ring (bicyclic) bond motifs is 2. The van der Waals surface area contributed by atoms with E-state index in [9.17, 15) is 9.18 Å². The van der Waals surface area contributed by atoms with E-state index >= 15 is 0 Å². The third-order valence-electron chi connectivity index (χ3n) is 3.92. The number of carbonyl (C=O) groups excluding carboxylic acids is 1. The van der Waals surface area contributed by atoms with Crippen LogP contribution in [-0.2, 0) is 0 Å². The Hall–Kier alpha value is -3.08. The summed E-state index contributed by atoms with van der Waals surface area (Å²) in [7, 11) is 1.57. The lowest BCUT2D eigenvalue weighted by Gasteiger charge is -2.02. The number of furan rings is 1. The minimum atomic E-state index is -0.334. The molecule has 2 aromatic carbocycles. The highest BCUT2D eigenvalue weighted by Crippen LogP contribution is 2.35. The smallest absolute Gasteiger partial charge is 0.255 e. The summed E-state index contributed by atoms with van der Waals surface area (Å²) in [5, 5.41) is 4.37. The Morgan fingerprint density at radius 3 is 2.70 bits per heavy atom. The largest absolute Gasteiger partial charge is 0.455 e. The van der Waals surface area contributed by atoms with Crippen molar-refractivity contribution in [3.8, 4) is 11.3 Å². The van der Waals surface area contributed by atoms with Crippen molar-refractivity contribution in [1.29, 1.82) is 0 Å². The molecule has 0 atom stereocenters. The quantitative estimate of drug-likeness (QED) is 0.586. The number of rotatable bonds is 2. The van der Waals surface area contributed by atoms with Gasteiger partial charge in [0.05, 0.1) is 5.56 Å². The molecule has 0 aliphatic heterocycles. The number of aromatic amines is 1. The predicted molar refractivity (Wildman–Crippen MR) is 86.9 cm³/mol. The number of carbonyl (C=O) groups is 1. The van der Waals surface area contributed by atoms with Gasteiger partial charge in [-0.15, -0.1) is 0 Å². The van der Waals surface area contributed by atoms with Crippen LogP contribution in [0.3, 0.4) is 0 Å². The number of hydrogen-bond donors (Lipinski definition) is 2. The van der Waals surface area contributed by atoms with Crippen LogP contribution in [0.4, 0.5) is 4.39 Å². The Morgan fingerprint density at radius 1 is 1.17 bits per heavy atom. The van der Waals surface area contributed by atoms with Gasteiger partial charge in [0.25, 0.3) is 5.91 Å². The molecule has 0 radical (unpaired) electrons. The third kappa shape index (κ3) is 2.09. The molecule has 0 aliphatic carbocycles. The molecule has 1 amide bonds. The van der Waals surface area contributed by atoms with Crippen LogP contribution in [0.2, 0.25) is 0 Å². The van der Waals surface area contributed by atoms with Gasteiger partial charge in [0.1, 0.15) is 17.2 Å². The zero-order valence-electron chi connectivity index (χ0n) is 12.3. The first-order chi connectivity index (χ1) is 11.2. The van der Waals surface area contributed by atoms with Gasteiger partial charge < -0.3 is 14.7 Å². The van der Waals surface area contributed by atoms with Crippen molar-refractivity contribution in [3.05, 3.63) is 60.0 Å². The van der Waals surface area contributed by atoms with Crippen LogP contribution in [0.25, 0.3) is 33.2 Å². The number of hydrogen-bond acceptors (Lipinski definition) is 2. The molecule has 4 aromatic rings. The summed E-state index contributed by atoms with van der Waals surface area (Å²) >= 11 is 0. The lowest BCUT2D eigenvalue weighted by molar-refractivity contribution is 0.0964. The highest BCUT2D eigenvalue weighted by molar-refractivity contribution is 6.13. The Balaban J connectivity index is 2.05. The fourth-order valence-corrected chi connectivity index (χ4v) is 2.80. The number of H-pyrrole nitrogens is 1. The molecule has 0 bridgehead atoms. The lowest BCUT2D eigenvalue weighted by atomic mass is 10.0. The molecule has 0 aliphatic rings. The fraction of sp³-hybridized carbons (Fsp3) is 0.0556. The van der Waals surface area contributed by atoms with E-state index in [2.05, 4.69) is 10.3 Å². The highest BCUT2D eigenvalue weighted by atomic mass is 19.1. The van der Waals surface area contributed by atoms with E-state index in [4.69, 9.17) is 4.42 Å². The van der Waals surface area contributed by atoms with Crippen LogP contribution in [0, 0.1) is 5.82 Å². The molecule has 4 nitrogen and oxygen atoms in total. The van der Waals surface area contributed by atoms with Crippen molar-refractivity contribution in [1.82, 2.24) is 10.3 Å². The van der Waals surface area contributed by atoms with Crippen LogP contribution in [0.1, 0.15) is 10.4 Å². The topological polar surface area (TPSA) is 58.0 Å². The average Bonchev–Trinajstić information content (AvgIpc) is 3.16. The van der Waals surface area contributed by atoms with Gasteiger partial charge in [-0.2, -0.15) is 0 Å². The standard InChI is InChI=1S/C18H13FN2O2/c1-20-18(22)16-13-8-11-6-7-21-14(11)9-15(13)23-17(16)10-2-4-12(19)5-3-10/h2-9,21H,1H3,(H,20,22). The van der Waals surface area contributed by atoms with E-state index in [1.54, 1.807) is 19.2 Å². The molecule has 0 saturated carbocycles. The minimum Gasteiger partial charge on any atom is -0.455 e. The Bertz CT molecular complexity index is 1030. The summed E-state index contributed by atoms with van der Waals surface area (Å²) in [5.74, 6) is -0.135. The molecule has 2 aromatic heterocycles. The first kappa shape index (κ1) is 13.6. The van der Waals surface area contributed by atoms with Gasteiger partial charge in [0.2, 0.25) is 0 Å². The monoisotopic (exact) mass is 308 g/mol. The van der Waals surface area contributed by atoms with Gasteiger partial charge in [-0.05, 0) is 36.4 Å². The second kappa shape index (κ2) is 4.98. The minimum absolute atomic E-state index is 0.238. The summed E-state index contributed by atoms with van der Waals surface area (Å²) in [5.41, 5.74) is 2.65. The van der Waals surface area contributed by atoms with Gasteiger partial charge in [0.15, 0.2) is 0 Å². The lowest BCUT2D eigenvalue weighted by Crippen LogP contribution is -2.18. The van der Waals surface area contributed by atoms with Crippen LogP contribution in [0.5, 0.6) is 0 Å². The Labute approximate surface area is 130 Å². The molecule has 0 spiro atoms. The summed E-state index contributed by atoms with van der Waals surface area (Å²) < 4.78 is 19.1. The average molecular weight is 308 g/mol. The molecule has 0 saturated heterocycles. The highest BCUT2D eigenvalue weighted by Gasteiger charge is 2.22. The molecule has 0 unspecified atom stereocenters. The van der Waals surface area contributed by atoms with Crippen molar-refractivity contribution in [3.63, 3.8) is 0 Å². The van der Waals surface area contributed by atoms with Gasteiger partial charge in [-0.1, -0.05) is 0 Å². The molecule has 4 rings (SSSR count).